The van der Waals surface area contributed by atoms with E-state index < -0.39 is 23.1 Å². The van der Waals surface area contributed by atoms with E-state index >= 15 is 4.39 Å². The molecular weight excluding hydrogens is 533 g/mol. The van der Waals surface area contributed by atoms with E-state index in [9.17, 15) is 9.18 Å². The van der Waals surface area contributed by atoms with E-state index in [4.69, 9.17) is 14.3 Å². The molecule has 0 aliphatic carbocycles. The summed E-state index contributed by atoms with van der Waals surface area (Å²) in [6.45, 7) is 8.16. The van der Waals surface area contributed by atoms with Crippen molar-refractivity contribution in [3.8, 4) is 0 Å². The van der Waals surface area contributed by atoms with Gasteiger partial charge in [0.25, 0.3) is 0 Å². The monoisotopic (exact) mass is 568 g/mol. The van der Waals surface area contributed by atoms with Crippen LogP contribution in [-0.4, -0.2) is 61.5 Å². The Balaban J connectivity index is 1.64. The van der Waals surface area contributed by atoms with Crippen LogP contribution in [0.15, 0.2) is 58.0 Å². The number of hydrogen-bond donors (Lipinski definition) is 1. The first kappa shape index (κ1) is 28.4. The molecule has 2 aromatic carbocycles. The summed E-state index contributed by atoms with van der Waals surface area (Å²) in [6, 6.07) is 12.9. The highest BCUT2D eigenvalue weighted by atomic mass is 31.0. The average Bonchev–Trinajstić information content (AvgIpc) is 3.50. The summed E-state index contributed by atoms with van der Waals surface area (Å²) >= 11 is 0. The molecule has 4 atom stereocenters. The third-order valence-electron chi connectivity index (χ3n) is 7.71. The van der Waals surface area contributed by atoms with E-state index in [1.165, 1.54) is 12.1 Å². The Bertz CT molecular complexity index is 1440. The summed E-state index contributed by atoms with van der Waals surface area (Å²) in [6.07, 6.45) is 0.485. The number of hydrazone groups is 1. The lowest BCUT2D eigenvalue weighted by Gasteiger charge is -2.38. The van der Waals surface area contributed by atoms with Gasteiger partial charge in [-0.15, -0.1) is 9.24 Å². The fourth-order valence-corrected chi connectivity index (χ4v) is 5.97. The van der Waals surface area contributed by atoms with Crippen molar-refractivity contribution in [2.45, 2.75) is 44.8 Å². The Morgan fingerprint density at radius 2 is 2.00 bits per heavy atom. The fraction of sp³-hybridized carbons (Fsp3) is 0.400. The smallest absolute Gasteiger partial charge is 0.249 e. The number of rotatable bonds is 7. The molecule has 1 N–H and O–H groups in total. The van der Waals surface area contributed by atoms with Crippen molar-refractivity contribution < 1.29 is 22.7 Å². The predicted molar refractivity (Wildman–Crippen MR) is 155 cm³/mol. The van der Waals surface area contributed by atoms with Crippen LogP contribution in [0.5, 0.6) is 0 Å². The molecule has 1 unspecified atom stereocenters. The standard InChI is InChI=1S/C30H35F2N4O3P/c1-5-20-8-11-25(39-20)27-28(22-9-7-19(31)15-23(22)32)34-36(24-10-6-18(2)14-26(24)40)30(27,3)29(37)33-16-21-17-35(4)12-13-38-21/h6-11,14-15,21,27H,5,12-13,16-17,40H2,1-4H3,(H,33,37)/t21-,27+,30+/m1/s1. The summed E-state index contributed by atoms with van der Waals surface area (Å²) in [5.41, 5.74) is 0.747. The first-order valence-electron chi connectivity index (χ1n) is 13.5. The molecule has 0 saturated carbocycles. The lowest BCUT2D eigenvalue weighted by atomic mass is 9.78. The van der Waals surface area contributed by atoms with Crippen LogP contribution < -0.4 is 15.6 Å². The van der Waals surface area contributed by atoms with Crippen molar-refractivity contribution >= 4 is 31.9 Å². The zero-order chi connectivity index (χ0) is 28.6. The number of carbonyl (C=O) groups excluding carboxylic acids is 1. The number of hydrogen-bond acceptors (Lipinski definition) is 6. The Kier molecular flexibility index (Phi) is 8.09. The van der Waals surface area contributed by atoms with Gasteiger partial charge in [0.2, 0.25) is 5.91 Å². The summed E-state index contributed by atoms with van der Waals surface area (Å²) in [4.78, 5) is 16.5. The summed E-state index contributed by atoms with van der Waals surface area (Å²) < 4.78 is 41.3. The zero-order valence-electron chi connectivity index (χ0n) is 23.2. The minimum atomic E-state index is -1.36. The van der Waals surface area contributed by atoms with Gasteiger partial charge >= 0.3 is 0 Å². The van der Waals surface area contributed by atoms with E-state index in [2.05, 4.69) is 19.5 Å². The van der Waals surface area contributed by atoms with Crippen molar-refractivity contribution in [2.75, 3.05) is 38.3 Å². The summed E-state index contributed by atoms with van der Waals surface area (Å²) in [5, 5.41) is 10.5. The molecule has 1 aromatic heterocycles. The normalized spacial score (nSPS) is 23.4. The highest BCUT2D eigenvalue weighted by molar-refractivity contribution is 7.28. The van der Waals surface area contributed by atoms with Gasteiger partial charge in [0.15, 0.2) is 5.54 Å². The lowest BCUT2D eigenvalue weighted by molar-refractivity contribution is -0.127. The number of anilines is 1. The van der Waals surface area contributed by atoms with Gasteiger partial charge < -0.3 is 19.4 Å². The minimum Gasteiger partial charge on any atom is -0.465 e. The topological polar surface area (TPSA) is 70.3 Å². The number of nitrogens with zero attached hydrogens (tertiary/aromatic N) is 3. The maximum atomic E-state index is 15.3. The molecule has 7 nitrogen and oxygen atoms in total. The average molecular weight is 569 g/mol. The van der Waals surface area contributed by atoms with Gasteiger partial charge in [0.05, 0.1) is 30.0 Å². The van der Waals surface area contributed by atoms with Crippen molar-refractivity contribution in [1.82, 2.24) is 10.2 Å². The molecule has 1 fully saturated rings. The number of morpholine rings is 1. The maximum absolute atomic E-state index is 15.3. The molecule has 1 amide bonds. The molecule has 5 rings (SSSR count). The van der Waals surface area contributed by atoms with Crippen LogP contribution in [0.1, 0.15) is 42.4 Å². The second-order valence-corrected chi connectivity index (χ2v) is 11.3. The number of likely N-dealkylation sites (N-methyl/N-ethyl adjacent to an activating group) is 1. The minimum absolute atomic E-state index is 0.108. The Labute approximate surface area is 235 Å². The van der Waals surface area contributed by atoms with E-state index in [0.29, 0.717) is 37.6 Å². The van der Waals surface area contributed by atoms with Crippen LogP contribution in [-0.2, 0) is 16.0 Å². The highest BCUT2D eigenvalue weighted by Gasteiger charge is 2.56. The Hall–Kier alpha value is -3.13. The molecule has 1 saturated heterocycles. The van der Waals surface area contributed by atoms with Crippen LogP contribution >= 0.6 is 9.24 Å². The second kappa shape index (κ2) is 11.4. The molecule has 0 spiro atoms. The number of carbonyl (C=O) groups is 1. The SMILES string of the molecule is CCc1ccc([C@H]2C(c3ccc(F)cc3F)=NN(c3ccc(C)cc3P)[C@]2(C)C(=O)NC[C@@H]2CN(C)CCO2)o1. The number of nitrogens with one attached hydrogen (secondary N) is 1. The summed E-state index contributed by atoms with van der Waals surface area (Å²) in [7, 11) is 4.72. The van der Waals surface area contributed by atoms with Crippen molar-refractivity contribution in [3.05, 3.63) is 82.8 Å². The third-order valence-corrected chi connectivity index (χ3v) is 8.17. The molecule has 0 bridgehead atoms. The van der Waals surface area contributed by atoms with Gasteiger partial charge in [0, 0.05) is 37.7 Å². The van der Waals surface area contributed by atoms with Crippen LogP contribution in [0.3, 0.4) is 0 Å². The van der Waals surface area contributed by atoms with Crippen molar-refractivity contribution in [2.24, 2.45) is 5.10 Å². The van der Waals surface area contributed by atoms with Crippen LogP contribution in [0.4, 0.5) is 14.5 Å². The number of benzene rings is 2. The molecule has 2 aliphatic rings. The summed E-state index contributed by atoms with van der Waals surface area (Å²) in [5.74, 6) is -1.35. The highest BCUT2D eigenvalue weighted by Crippen LogP contribution is 2.45. The lowest BCUT2D eigenvalue weighted by Crippen LogP contribution is -2.59. The number of furan rings is 1. The van der Waals surface area contributed by atoms with Gasteiger partial charge in [-0.3, -0.25) is 4.79 Å². The van der Waals surface area contributed by atoms with Gasteiger partial charge in [-0.1, -0.05) is 18.6 Å². The molecular formula is C30H35F2N4O3P. The molecule has 3 heterocycles. The van der Waals surface area contributed by atoms with Crippen molar-refractivity contribution in [1.29, 1.82) is 0 Å². The Morgan fingerprint density at radius 1 is 1.20 bits per heavy atom. The molecule has 10 heteroatoms. The van der Waals surface area contributed by atoms with Crippen LogP contribution in [0.2, 0.25) is 0 Å². The van der Waals surface area contributed by atoms with Gasteiger partial charge in [-0.2, -0.15) is 5.10 Å². The first-order chi connectivity index (χ1) is 19.1. The quantitative estimate of drug-likeness (QED) is 0.434. The molecule has 212 valence electrons. The second-order valence-electron chi connectivity index (χ2n) is 10.7. The van der Waals surface area contributed by atoms with E-state index in [0.717, 1.165) is 29.2 Å². The van der Waals surface area contributed by atoms with Gasteiger partial charge in [-0.05, 0) is 62.6 Å². The fourth-order valence-electron chi connectivity index (χ4n) is 5.49. The van der Waals surface area contributed by atoms with Gasteiger partial charge in [-0.25, -0.2) is 13.8 Å². The first-order valence-corrected chi connectivity index (χ1v) is 14.1. The van der Waals surface area contributed by atoms with E-state index in [1.807, 2.05) is 51.2 Å². The molecule has 0 radical (unpaired) electrons. The maximum Gasteiger partial charge on any atom is 0.249 e. The molecule has 2 aliphatic heterocycles. The van der Waals surface area contributed by atoms with E-state index in [1.54, 1.807) is 11.9 Å². The van der Waals surface area contributed by atoms with Crippen LogP contribution in [0, 0.1) is 18.6 Å². The largest absolute Gasteiger partial charge is 0.465 e. The molecule has 40 heavy (non-hydrogen) atoms. The number of halogens is 2. The van der Waals surface area contributed by atoms with E-state index in [-0.39, 0.29) is 23.3 Å². The van der Waals surface area contributed by atoms with Crippen LogP contribution in [0.25, 0.3) is 0 Å². The van der Waals surface area contributed by atoms with Gasteiger partial charge in [0.1, 0.15) is 23.2 Å². The predicted octanol–water partition coefficient (Wildman–Crippen LogP) is 4.14. The number of amides is 1. The Morgan fingerprint density at radius 3 is 2.67 bits per heavy atom. The third kappa shape index (κ3) is 5.30. The molecule has 3 aromatic rings. The van der Waals surface area contributed by atoms with Crippen molar-refractivity contribution in [3.63, 3.8) is 0 Å². The number of aryl methyl sites for hydroxylation is 2. The zero-order valence-corrected chi connectivity index (χ0v) is 24.4. The number of ether oxygens (including phenoxy) is 1.